The lowest BCUT2D eigenvalue weighted by atomic mass is 10.2. The van der Waals surface area contributed by atoms with Crippen molar-refractivity contribution in [2.75, 3.05) is 5.32 Å². The maximum atomic E-state index is 4.44. The van der Waals surface area contributed by atoms with Crippen LogP contribution < -0.4 is 5.32 Å². The Morgan fingerprint density at radius 3 is 2.74 bits per heavy atom. The largest absolute Gasteiger partial charge is 0.353 e. The number of halogens is 2. The summed E-state index contributed by atoms with van der Waals surface area (Å²) in [6, 6.07) is 6.74. The van der Waals surface area contributed by atoms with Crippen molar-refractivity contribution < 1.29 is 0 Å². The molecule has 2 aromatic rings. The molecule has 1 aromatic heterocycles. The summed E-state index contributed by atoms with van der Waals surface area (Å²) < 4.78 is 4.21. The summed E-state index contributed by atoms with van der Waals surface area (Å²) in [6.45, 7) is 0. The smallest absolute Gasteiger partial charge is 0.207 e. The first-order valence-corrected chi connectivity index (χ1v) is 8.08. The Balaban J connectivity index is 1.90. The van der Waals surface area contributed by atoms with Crippen LogP contribution in [0.3, 0.4) is 0 Å². The lowest BCUT2D eigenvalue weighted by Crippen LogP contribution is -2.17. The van der Waals surface area contributed by atoms with Gasteiger partial charge in [-0.25, -0.2) is 4.98 Å². The third-order valence-corrected chi connectivity index (χ3v) is 4.63. The van der Waals surface area contributed by atoms with E-state index in [2.05, 4.69) is 58.9 Å². The van der Waals surface area contributed by atoms with Crippen molar-refractivity contribution >= 4 is 37.8 Å². The molecule has 5 heteroatoms. The second-order valence-corrected chi connectivity index (χ2v) is 6.61. The Hall–Kier alpha value is -0.810. The highest BCUT2D eigenvalue weighted by Gasteiger charge is 2.17. The Morgan fingerprint density at radius 1 is 1.21 bits per heavy atom. The first-order chi connectivity index (χ1) is 9.24. The minimum Gasteiger partial charge on any atom is -0.353 e. The van der Waals surface area contributed by atoms with Gasteiger partial charge in [0, 0.05) is 27.4 Å². The van der Waals surface area contributed by atoms with E-state index in [-0.39, 0.29) is 0 Å². The second-order valence-electron chi connectivity index (χ2n) is 4.84. The fourth-order valence-corrected chi connectivity index (χ4v) is 3.77. The van der Waals surface area contributed by atoms with Gasteiger partial charge in [0.25, 0.3) is 0 Å². The van der Waals surface area contributed by atoms with E-state index in [0.717, 1.165) is 20.6 Å². The maximum Gasteiger partial charge on any atom is 0.207 e. The predicted octanol–water partition coefficient (Wildman–Crippen LogP) is 4.75. The number of nitrogens with one attached hydrogen (secondary N) is 1. The Bertz CT molecular complexity index is 574. The van der Waals surface area contributed by atoms with Crippen LogP contribution in [0.2, 0.25) is 0 Å². The number of anilines is 1. The van der Waals surface area contributed by atoms with E-state index in [0.29, 0.717) is 6.04 Å². The van der Waals surface area contributed by atoms with Gasteiger partial charge in [-0.2, -0.15) is 0 Å². The summed E-state index contributed by atoms with van der Waals surface area (Å²) in [5.41, 5.74) is 1.10. The minimum absolute atomic E-state index is 0.565. The van der Waals surface area contributed by atoms with E-state index in [1.807, 2.05) is 18.5 Å². The number of rotatable bonds is 3. The Kier molecular flexibility index (Phi) is 3.93. The molecule has 0 unspecified atom stereocenters. The van der Waals surface area contributed by atoms with Crippen LogP contribution >= 0.6 is 31.9 Å². The SMILES string of the molecule is Brc1ccc(-n2ccnc2NC2CCCC2)c(Br)c1. The lowest BCUT2D eigenvalue weighted by molar-refractivity contribution is 0.740. The summed E-state index contributed by atoms with van der Waals surface area (Å²) in [5.74, 6) is 0.926. The summed E-state index contributed by atoms with van der Waals surface area (Å²) in [4.78, 5) is 4.44. The fourth-order valence-electron chi connectivity index (χ4n) is 2.53. The number of imidazole rings is 1. The van der Waals surface area contributed by atoms with Gasteiger partial charge in [-0.1, -0.05) is 28.8 Å². The molecular weight excluding hydrogens is 370 g/mol. The van der Waals surface area contributed by atoms with Crippen LogP contribution in [0.15, 0.2) is 39.5 Å². The number of nitrogens with zero attached hydrogens (tertiary/aromatic N) is 2. The molecule has 0 atom stereocenters. The van der Waals surface area contributed by atoms with E-state index < -0.39 is 0 Å². The highest BCUT2D eigenvalue weighted by atomic mass is 79.9. The maximum absolute atomic E-state index is 4.44. The molecule has 1 aliphatic rings. The first-order valence-electron chi connectivity index (χ1n) is 6.49. The van der Waals surface area contributed by atoms with Crippen LogP contribution in [-0.2, 0) is 0 Å². The monoisotopic (exact) mass is 383 g/mol. The standard InChI is InChI=1S/C14H15Br2N3/c15-10-5-6-13(12(16)9-10)19-8-7-17-14(19)18-11-3-1-2-4-11/h5-9,11H,1-4H2,(H,17,18). The zero-order valence-electron chi connectivity index (χ0n) is 10.4. The van der Waals surface area contributed by atoms with Crippen LogP contribution in [0.1, 0.15) is 25.7 Å². The molecule has 0 amide bonds. The van der Waals surface area contributed by atoms with Gasteiger partial charge in [-0.05, 0) is 47.0 Å². The zero-order chi connectivity index (χ0) is 13.2. The molecule has 0 saturated heterocycles. The highest BCUT2D eigenvalue weighted by Crippen LogP contribution is 2.28. The van der Waals surface area contributed by atoms with Gasteiger partial charge in [0.2, 0.25) is 5.95 Å². The van der Waals surface area contributed by atoms with Crippen LogP contribution in [-0.4, -0.2) is 15.6 Å². The molecule has 100 valence electrons. The van der Waals surface area contributed by atoms with Crippen molar-refractivity contribution in [2.45, 2.75) is 31.7 Å². The number of hydrogen-bond donors (Lipinski definition) is 1. The third kappa shape index (κ3) is 2.87. The highest BCUT2D eigenvalue weighted by molar-refractivity contribution is 9.11. The molecule has 1 fully saturated rings. The van der Waals surface area contributed by atoms with Gasteiger partial charge >= 0.3 is 0 Å². The molecule has 0 aliphatic heterocycles. The molecule has 1 saturated carbocycles. The summed E-state index contributed by atoms with van der Waals surface area (Å²) in [6.07, 6.45) is 8.96. The van der Waals surface area contributed by atoms with Gasteiger partial charge in [0.05, 0.1) is 5.69 Å². The lowest BCUT2D eigenvalue weighted by Gasteiger charge is -2.15. The first kappa shape index (κ1) is 13.2. The van der Waals surface area contributed by atoms with Gasteiger partial charge in [0.1, 0.15) is 0 Å². The zero-order valence-corrected chi connectivity index (χ0v) is 13.6. The van der Waals surface area contributed by atoms with E-state index in [9.17, 15) is 0 Å². The average molecular weight is 385 g/mol. The minimum atomic E-state index is 0.565. The Morgan fingerprint density at radius 2 is 2.00 bits per heavy atom. The molecule has 0 radical (unpaired) electrons. The second kappa shape index (κ2) is 5.67. The number of hydrogen-bond acceptors (Lipinski definition) is 2. The van der Waals surface area contributed by atoms with E-state index >= 15 is 0 Å². The van der Waals surface area contributed by atoms with Crippen LogP contribution in [0.4, 0.5) is 5.95 Å². The molecule has 1 aliphatic carbocycles. The normalized spacial score (nSPS) is 15.9. The Labute approximate surface area is 129 Å². The van der Waals surface area contributed by atoms with Crippen molar-refractivity contribution in [3.05, 3.63) is 39.5 Å². The third-order valence-electron chi connectivity index (χ3n) is 3.50. The number of benzene rings is 1. The van der Waals surface area contributed by atoms with Gasteiger partial charge < -0.3 is 5.32 Å². The quantitative estimate of drug-likeness (QED) is 0.827. The van der Waals surface area contributed by atoms with Gasteiger partial charge in [-0.15, -0.1) is 0 Å². The summed E-state index contributed by atoms with van der Waals surface area (Å²) in [7, 11) is 0. The fraction of sp³-hybridized carbons (Fsp3) is 0.357. The summed E-state index contributed by atoms with van der Waals surface area (Å²) in [5, 5.41) is 3.55. The predicted molar refractivity (Wildman–Crippen MR) is 84.8 cm³/mol. The molecule has 1 heterocycles. The molecular formula is C14H15Br2N3. The van der Waals surface area contributed by atoms with E-state index in [4.69, 9.17) is 0 Å². The van der Waals surface area contributed by atoms with Crippen LogP contribution in [0, 0.1) is 0 Å². The average Bonchev–Trinajstić information content (AvgIpc) is 3.02. The van der Waals surface area contributed by atoms with Crippen LogP contribution in [0.25, 0.3) is 5.69 Å². The van der Waals surface area contributed by atoms with Crippen molar-refractivity contribution in [1.29, 1.82) is 0 Å². The topological polar surface area (TPSA) is 29.9 Å². The van der Waals surface area contributed by atoms with Gasteiger partial charge in [0.15, 0.2) is 0 Å². The molecule has 3 rings (SSSR count). The molecule has 1 aromatic carbocycles. The molecule has 1 N–H and O–H groups in total. The van der Waals surface area contributed by atoms with Crippen molar-refractivity contribution in [2.24, 2.45) is 0 Å². The molecule has 0 spiro atoms. The van der Waals surface area contributed by atoms with Crippen molar-refractivity contribution in [3.63, 3.8) is 0 Å². The van der Waals surface area contributed by atoms with Crippen molar-refractivity contribution in [3.8, 4) is 5.69 Å². The molecule has 3 nitrogen and oxygen atoms in total. The van der Waals surface area contributed by atoms with Gasteiger partial charge in [-0.3, -0.25) is 4.57 Å². The summed E-state index contributed by atoms with van der Waals surface area (Å²) >= 11 is 7.09. The van der Waals surface area contributed by atoms with E-state index in [1.54, 1.807) is 0 Å². The number of aromatic nitrogens is 2. The van der Waals surface area contributed by atoms with Crippen LogP contribution in [0.5, 0.6) is 0 Å². The molecule has 19 heavy (non-hydrogen) atoms. The molecule has 0 bridgehead atoms. The van der Waals surface area contributed by atoms with E-state index in [1.165, 1.54) is 25.7 Å². The van der Waals surface area contributed by atoms with Crippen molar-refractivity contribution in [1.82, 2.24) is 9.55 Å².